The first-order valence-corrected chi connectivity index (χ1v) is 6.30. The average molecular weight is 273 g/mol. The Hall–Kier alpha value is -0.215. The highest BCUT2D eigenvalue weighted by Crippen LogP contribution is 2.37. The molecule has 1 aromatic rings. The van der Waals surface area contributed by atoms with Crippen molar-refractivity contribution in [2.24, 2.45) is 0 Å². The number of hydrogen-bond donors (Lipinski definition) is 0. The number of hydrogen-bond acceptors (Lipinski definition) is 2. The van der Waals surface area contributed by atoms with E-state index in [2.05, 4.69) is 0 Å². The number of halogens is 2. The van der Waals surface area contributed by atoms with Crippen molar-refractivity contribution >= 4 is 35.8 Å². The fourth-order valence-electron chi connectivity index (χ4n) is 1.67. The van der Waals surface area contributed by atoms with Gasteiger partial charge in [-0.05, 0) is 33.8 Å². The average Bonchev–Trinajstić information content (AvgIpc) is 2.40. The molecule has 0 unspecified atom stereocenters. The molecule has 1 aliphatic rings. The third kappa shape index (κ3) is 2.22. The predicted octanol–water partition coefficient (Wildman–Crippen LogP) is 3.29. The van der Waals surface area contributed by atoms with Gasteiger partial charge in [0, 0.05) is 5.46 Å². The van der Waals surface area contributed by atoms with Gasteiger partial charge < -0.3 is 9.31 Å². The molecule has 0 saturated carbocycles. The van der Waals surface area contributed by atoms with Gasteiger partial charge in [0.15, 0.2) is 0 Å². The van der Waals surface area contributed by atoms with Gasteiger partial charge >= 0.3 is 7.12 Å². The number of rotatable bonds is 1. The van der Waals surface area contributed by atoms with E-state index < -0.39 is 7.12 Å². The Morgan fingerprint density at radius 3 is 2.06 bits per heavy atom. The normalized spacial score (nSPS) is 21.9. The second-order valence-electron chi connectivity index (χ2n) is 5.23. The summed E-state index contributed by atoms with van der Waals surface area (Å²) in [5, 5.41) is 1.01. The Morgan fingerprint density at radius 1 is 1.00 bits per heavy atom. The lowest BCUT2D eigenvalue weighted by Crippen LogP contribution is -2.41. The molecule has 1 fully saturated rings. The smallest absolute Gasteiger partial charge is 0.399 e. The molecule has 2 nitrogen and oxygen atoms in total. The highest BCUT2D eigenvalue weighted by atomic mass is 35.5. The first-order valence-electron chi connectivity index (χ1n) is 5.54. The largest absolute Gasteiger partial charge is 0.496 e. The Labute approximate surface area is 112 Å². The van der Waals surface area contributed by atoms with Crippen molar-refractivity contribution in [3.63, 3.8) is 0 Å². The third-order valence-electron chi connectivity index (χ3n) is 3.49. The molecule has 92 valence electrons. The quantitative estimate of drug-likeness (QED) is 0.731. The van der Waals surface area contributed by atoms with E-state index in [1.54, 1.807) is 6.07 Å². The summed E-state index contributed by atoms with van der Waals surface area (Å²) in [6.07, 6.45) is 0. The third-order valence-corrected chi connectivity index (χ3v) is 4.32. The minimum atomic E-state index is -0.466. The summed E-state index contributed by atoms with van der Waals surface area (Å²) < 4.78 is 11.8. The maximum absolute atomic E-state index is 6.17. The first kappa shape index (κ1) is 13.2. The molecular weight excluding hydrogens is 258 g/mol. The predicted molar refractivity (Wildman–Crippen MR) is 72.2 cm³/mol. The minimum absolute atomic E-state index is 0.372. The Bertz CT molecular complexity index is 430. The van der Waals surface area contributed by atoms with E-state index in [1.165, 1.54) is 0 Å². The molecule has 0 aliphatic carbocycles. The fraction of sp³-hybridized carbons (Fsp3) is 0.500. The lowest BCUT2D eigenvalue weighted by Gasteiger charge is -2.32. The van der Waals surface area contributed by atoms with Gasteiger partial charge in [0.1, 0.15) is 0 Å². The molecule has 0 bridgehead atoms. The second-order valence-corrected chi connectivity index (χ2v) is 6.02. The molecule has 5 heteroatoms. The Balaban J connectivity index is 2.36. The van der Waals surface area contributed by atoms with Gasteiger partial charge in [0.05, 0.1) is 21.2 Å². The van der Waals surface area contributed by atoms with E-state index in [1.807, 2.05) is 39.8 Å². The topological polar surface area (TPSA) is 18.5 Å². The van der Waals surface area contributed by atoms with E-state index in [9.17, 15) is 0 Å². The molecule has 0 spiro atoms. The highest BCUT2D eigenvalue weighted by Gasteiger charge is 2.52. The molecular formula is C12H15BCl2O2. The Morgan fingerprint density at radius 2 is 1.53 bits per heavy atom. The van der Waals surface area contributed by atoms with Crippen LogP contribution in [0.2, 0.25) is 10.0 Å². The van der Waals surface area contributed by atoms with Gasteiger partial charge in [0.25, 0.3) is 0 Å². The molecule has 1 saturated heterocycles. The lowest BCUT2D eigenvalue weighted by atomic mass is 9.79. The first-order chi connectivity index (χ1) is 7.74. The van der Waals surface area contributed by atoms with Gasteiger partial charge in [-0.1, -0.05) is 35.3 Å². The van der Waals surface area contributed by atoms with E-state index in [0.29, 0.717) is 10.0 Å². The standard InChI is InChI=1S/C12H15BCl2O2/c1-11(2)12(3,4)17-13(16-11)8-6-5-7-9(14)10(8)15/h5-7H,1-4H3. The SMILES string of the molecule is CC1(C)OB(c2cccc(Cl)c2Cl)OC1(C)C. The molecule has 17 heavy (non-hydrogen) atoms. The maximum atomic E-state index is 6.17. The number of benzene rings is 1. The summed E-state index contributed by atoms with van der Waals surface area (Å²) in [6.45, 7) is 8.02. The summed E-state index contributed by atoms with van der Waals surface area (Å²) in [5.74, 6) is 0. The van der Waals surface area contributed by atoms with Crippen LogP contribution in [0.15, 0.2) is 18.2 Å². The second kappa shape index (κ2) is 4.16. The van der Waals surface area contributed by atoms with Gasteiger partial charge in [-0.3, -0.25) is 0 Å². The molecule has 0 N–H and O–H groups in total. The van der Waals surface area contributed by atoms with Gasteiger partial charge in [-0.15, -0.1) is 0 Å². The van der Waals surface area contributed by atoms with Crippen molar-refractivity contribution in [1.82, 2.24) is 0 Å². The summed E-state index contributed by atoms with van der Waals surface area (Å²) in [4.78, 5) is 0. The molecule has 1 heterocycles. The molecule has 0 aromatic heterocycles. The zero-order valence-corrected chi connectivity index (χ0v) is 11.9. The van der Waals surface area contributed by atoms with Crippen molar-refractivity contribution < 1.29 is 9.31 Å². The Kier molecular flexibility index (Phi) is 3.24. The summed E-state index contributed by atoms with van der Waals surface area (Å²) >= 11 is 12.2. The van der Waals surface area contributed by atoms with E-state index >= 15 is 0 Å². The minimum Gasteiger partial charge on any atom is -0.399 e. The molecule has 1 aromatic carbocycles. The lowest BCUT2D eigenvalue weighted by molar-refractivity contribution is 0.00578. The van der Waals surface area contributed by atoms with Crippen molar-refractivity contribution in [2.75, 3.05) is 0 Å². The van der Waals surface area contributed by atoms with Crippen LogP contribution in [-0.4, -0.2) is 18.3 Å². The van der Waals surface area contributed by atoms with Crippen LogP contribution in [0.4, 0.5) is 0 Å². The summed E-state index contributed by atoms with van der Waals surface area (Å²) in [7, 11) is -0.466. The van der Waals surface area contributed by atoms with Gasteiger partial charge in [0.2, 0.25) is 0 Å². The van der Waals surface area contributed by atoms with Crippen molar-refractivity contribution in [3.8, 4) is 0 Å². The molecule has 2 rings (SSSR count). The zero-order chi connectivity index (χ0) is 12.8. The highest BCUT2D eigenvalue weighted by molar-refractivity contribution is 6.66. The van der Waals surface area contributed by atoms with Crippen LogP contribution in [0.3, 0.4) is 0 Å². The van der Waals surface area contributed by atoms with E-state index in [-0.39, 0.29) is 11.2 Å². The summed E-state index contributed by atoms with van der Waals surface area (Å²) in [6, 6.07) is 5.46. The molecule has 0 radical (unpaired) electrons. The van der Waals surface area contributed by atoms with Crippen LogP contribution in [0, 0.1) is 0 Å². The van der Waals surface area contributed by atoms with Crippen LogP contribution >= 0.6 is 23.2 Å². The summed E-state index contributed by atoms with van der Waals surface area (Å²) in [5.41, 5.74) is 0.0323. The van der Waals surface area contributed by atoms with Crippen LogP contribution in [0.5, 0.6) is 0 Å². The van der Waals surface area contributed by atoms with Crippen LogP contribution < -0.4 is 5.46 Å². The van der Waals surface area contributed by atoms with Crippen molar-refractivity contribution in [2.45, 2.75) is 38.9 Å². The van der Waals surface area contributed by atoms with Gasteiger partial charge in [-0.25, -0.2) is 0 Å². The van der Waals surface area contributed by atoms with E-state index in [0.717, 1.165) is 5.46 Å². The van der Waals surface area contributed by atoms with Crippen LogP contribution in [0.1, 0.15) is 27.7 Å². The van der Waals surface area contributed by atoms with E-state index in [4.69, 9.17) is 32.5 Å². The molecule has 0 amide bonds. The van der Waals surface area contributed by atoms with Crippen molar-refractivity contribution in [1.29, 1.82) is 0 Å². The monoisotopic (exact) mass is 272 g/mol. The van der Waals surface area contributed by atoms with Crippen molar-refractivity contribution in [3.05, 3.63) is 28.2 Å². The van der Waals surface area contributed by atoms with Crippen LogP contribution in [0.25, 0.3) is 0 Å². The zero-order valence-electron chi connectivity index (χ0n) is 10.4. The fourth-order valence-corrected chi connectivity index (χ4v) is 2.07. The van der Waals surface area contributed by atoms with Crippen LogP contribution in [-0.2, 0) is 9.31 Å². The molecule has 0 atom stereocenters. The maximum Gasteiger partial charge on any atom is 0.496 e. The molecule has 1 aliphatic heterocycles. The van der Waals surface area contributed by atoms with Gasteiger partial charge in [-0.2, -0.15) is 0 Å².